The standard InChI is InChI=1S/C13H11N3O2/c17-13(15-8-9-5-7-18-16-9)11-2-1-3-12-10(11)4-6-14-12/h1-7,14H,8H2,(H,15,17). The van der Waals surface area contributed by atoms with E-state index in [0.717, 1.165) is 10.9 Å². The highest BCUT2D eigenvalue weighted by Gasteiger charge is 2.10. The van der Waals surface area contributed by atoms with Gasteiger partial charge in [0.15, 0.2) is 0 Å². The Bertz CT molecular complexity index is 670. The average molecular weight is 241 g/mol. The van der Waals surface area contributed by atoms with Crippen molar-refractivity contribution >= 4 is 16.8 Å². The van der Waals surface area contributed by atoms with Crippen molar-refractivity contribution in [3.8, 4) is 0 Å². The second-order valence-corrected chi connectivity index (χ2v) is 3.92. The van der Waals surface area contributed by atoms with Gasteiger partial charge in [0.25, 0.3) is 5.91 Å². The van der Waals surface area contributed by atoms with Crippen molar-refractivity contribution in [3.05, 3.63) is 54.0 Å². The Labute approximate surface area is 103 Å². The number of nitrogens with zero attached hydrogens (tertiary/aromatic N) is 1. The number of H-pyrrole nitrogens is 1. The topological polar surface area (TPSA) is 70.9 Å². The summed E-state index contributed by atoms with van der Waals surface area (Å²) in [4.78, 5) is 15.1. The van der Waals surface area contributed by atoms with Crippen LogP contribution in [-0.4, -0.2) is 16.0 Å². The van der Waals surface area contributed by atoms with Crippen LogP contribution in [0.25, 0.3) is 10.9 Å². The monoisotopic (exact) mass is 241 g/mol. The first-order chi connectivity index (χ1) is 8.84. The number of aromatic nitrogens is 2. The quantitative estimate of drug-likeness (QED) is 0.737. The first-order valence-corrected chi connectivity index (χ1v) is 5.58. The number of aromatic amines is 1. The Hall–Kier alpha value is -2.56. The van der Waals surface area contributed by atoms with Crippen LogP contribution in [0.15, 0.2) is 47.3 Å². The largest absolute Gasteiger partial charge is 0.364 e. The van der Waals surface area contributed by atoms with E-state index in [9.17, 15) is 4.79 Å². The molecule has 2 N–H and O–H groups in total. The minimum Gasteiger partial charge on any atom is -0.364 e. The number of amides is 1. The molecule has 1 amide bonds. The minimum absolute atomic E-state index is 0.122. The van der Waals surface area contributed by atoms with Crippen molar-refractivity contribution in [1.82, 2.24) is 15.5 Å². The SMILES string of the molecule is O=C(NCc1ccon1)c1cccc2[nH]ccc12. The van der Waals surface area contributed by atoms with Gasteiger partial charge in [0.2, 0.25) is 0 Å². The van der Waals surface area contributed by atoms with Crippen molar-refractivity contribution in [2.24, 2.45) is 0 Å². The van der Waals surface area contributed by atoms with Crippen LogP contribution in [0, 0.1) is 0 Å². The lowest BCUT2D eigenvalue weighted by Crippen LogP contribution is -2.23. The average Bonchev–Trinajstić information content (AvgIpc) is 3.05. The van der Waals surface area contributed by atoms with Crippen LogP contribution in [0.2, 0.25) is 0 Å². The predicted molar refractivity (Wildman–Crippen MR) is 66.0 cm³/mol. The van der Waals surface area contributed by atoms with Crippen molar-refractivity contribution < 1.29 is 9.32 Å². The van der Waals surface area contributed by atoms with Crippen LogP contribution in [0.1, 0.15) is 16.1 Å². The maximum atomic E-state index is 12.1. The maximum absolute atomic E-state index is 12.1. The molecule has 0 saturated heterocycles. The Morgan fingerprint density at radius 3 is 3.11 bits per heavy atom. The van der Waals surface area contributed by atoms with E-state index >= 15 is 0 Å². The first-order valence-electron chi connectivity index (χ1n) is 5.58. The number of nitrogens with one attached hydrogen (secondary N) is 2. The van der Waals surface area contributed by atoms with E-state index < -0.39 is 0 Å². The fourth-order valence-electron chi connectivity index (χ4n) is 1.88. The molecule has 0 radical (unpaired) electrons. The van der Waals surface area contributed by atoms with Crippen LogP contribution >= 0.6 is 0 Å². The van der Waals surface area contributed by atoms with Gasteiger partial charge in [-0.05, 0) is 18.2 Å². The Balaban J connectivity index is 1.81. The summed E-state index contributed by atoms with van der Waals surface area (Å²) >= 11 is 0. The van der Waals surface area contributed by atoms with Gasteiger partial charge in [-0.15, -0.1) is 0 Å². The molecule has 0 saturated carbocycles. The zero-order chi connectivity index (χ0) is 12.4. The zero-order valence-corrected chi connectivity index (χ0v) is 9.51. The molecule has 0 aliphatic heterocycles. The zero-order valence-electron chi connectivity index (χ0n) is 9.51. The molecule has 5 heteroatoms. The van der Waals surface area contributed by atoms with Gasteiger partial charge >= 0.3 is 0 Å². The number of carbonyl (C=O) groups is 1. The Kier molecular flexibility index (Phi) is 2.57. The number of hydrogen-bond acceptors (Lipinski definition) is 3. The molecule has 0 bridgehead atoms. The summed E-state index contributed by atoms with van der Waals surface area (Å²) in [5.74, 6) is -0.122. The molecule has 0 atom stereocenters. The smallest absolute Gasteiger partial charge is 0.252 e. The third-order valence-corrected chi connectivity index (χ3v) is 2.76. The van der Waals surface area contributed by atoms with Gasteiger partial charge in [0.1, 0.15) is 12.0 Å². The van der Waals surface area contributed by atoms with E-state index in [1.54, 1.807) is 12.1 Å². The highest BCUT2D eigenvalue weighted by Crippen LogP contribution is 2.17. The van der Waals surface area contributed by atoms with Gasteiger partial charge in [-0.2, -0.15) is 0 Å². The molecule has 2 aromatic heterocycles. The molecule has 90 valence electrons. The molecule has 3 aromatic rings. The van der Waals surface area contributed by atoms with E-state index in [1.807, 2.05) is 24.4 Å². The summed E-state index contributed by atoms with van der Waals surface area (Å²) in [5, 5.41) is 7.46. The van der Waals surface area contributed by atoms with E-state index in [2.05, 4.69) is 15.5 Å². The molecule has 0 fully saturated rings. The lowest BCUT2D eigenvalue weighted by Gasteiger charge is -2.04. The third kappa shape index (κ3) is 1.86. The summed E-state index contributed by atoms with van der Waals surface area (Å²) in [7, 11) is 0. The van der Waals surface area contributed by atoms with Crippen molar-refractivity contribution in [2.75, 3.05) is 0 Å². The number of carbonyl (C=O) groups excluding carboxylic acids is 1. The van der Waals surface area contributed by atoms with Crippen LogP contribution in [-0.2, 0) is 6.54 Å². The molecule has 2 heterocycles. The number of benzene rings is 1. The van der Waals surface area contributed by atoms with Gasteiger partial charge in [-0.25, -0.2) is 0 Å². The summed E-state index contributed by atoms with van der Waals surface area (Å²) in [6.45, 7) is 0.357. The van der Waals surface area contributed by atoms with E-state index in [1.165, 1.54) is 6.26 Å². The van der Waals surface area contributed by atoms with E-state index in [-0.39, 0.29) is 5.91 Å². The number of fused-ring (bicyclic) bond motifs is 1. The molecule has 18 heavy (non-hydrogen) atoms. The lowest BCUT2D eigenvalue weighted by atomic mass is 10.1. The number of hydrogen-bond donors (Lipinski definition) is 2. The van der Waals surface area contributed by atoms with Crippen LogP contribution < -0.4 is 5.32 Å². The Morgan fingerprint density at radius 2 is 2.28 bits per heavy atom. The lowest BCUT2D eigenvalue weighted by molar-refractivity contribution is 0.0952. The predicted octanol–water partition coefficient (Wildman–Crippen LogP) is 2.09. The Morgan fingerprint density at radius 1 is 1.33 bits per heavy atom. The van der Waals surface area contributed by atoms with Crippen molar-refractivity contribution in [1.29, 1.82) is 0 Å². The summed E-state index contributed by atoms with van der Waals surface area (Å²) < 4.78 is 4.70. The highest BCUT2D eigenvalue weighted by molar-refractivity contribution is 6.06. The first kappa shape index (κ1) is 10.6. The molecule has 0 aliphatic rings. The van der Waals surface area contributed by atoms with Gasteiger partial charge in [0.05, 0.1) is 6.54 Å². The molecule has 3 rings (SSSR count). The summed E-state index contributed by atoms with van der Waals surface area (Å²) in [5.41, 5.74) is 2.30. The molecule has 0 aliphatic carbocycles. The maximum Gasteiger partial charge on any atom is 0.252 e. The molecule has 5 nitrogen and oxygen atoms in total. The highest BCUT2D eigenvalue weighted by atomic mass is 16.5. The number of rotatable bonds is 3. The van der Waals surface area contributed by atoms with Crippen LogP contribution in [0.3, 0.4) is 0 Å². The summed E-state index contributed by atoms with van der Waals surface area (Å²) in [6.07, 6.45) is 3.30. The van der Waals surface area contributed by atoms with Crippen molar-refractivity contribution in [3.63, 3.8) is 0 Å². The third-order valence-electron chi connectivity index (χ3n) is 2.76. The fraction of sp³-hybridized carbons (Fsp3) is 0.0769. The van der Waals surface area contributed by atoms with E-state index in [4.69, 9.17) is 4.52 Å². The van der Waals surface area contributed by atoms with Gasteiger partial charge in [0, 0.05) is 28.7 Å². The molecule has 0 unspecified atom stereocenters. The molecule has 1 aromatic carbocycles. The van der Waals surface area contributed by atoms with Crippen molar-refractivity contribution in [2.45, 2.75) is 6.54 Å². The fourth-order valence-corrected chi connectivity index (χ4v) is 1.88. The van der Waals surface area contributed by atoms with Crippen LogP contribution in [0.4, 0.5) is 0 Å². The van der Waals surface area contributed by atoms with Crippen LogP contribution in [0.5, 0.6) is 0 Å². The minimum atomic E-state index is -0.122. The van der Waals surface area contributed by atoms with Gasteiger partial charge in [-0.3, -0.25) is 4.79 Å². The molecule has 0 spiro atoms. The normalized spacial score (nSPS) is 10.7. The second-order valence-electron chi connectivity index (χ2n) is 3.92. The molecular weight excluding hydrogens is 230 g/mol. The molecular formula is C13H11N3O2. The van der Waals surface area contributed by atoms with Gasteiger partial charge in [-0.1, -0.05) is 11.2 Å². The second kappa shape index (κ2) is 4.37. The van der Waals surface area contributed by atoms with Gasteiger partial charge < -0.3 is 14.8 Å². The summed E-state index contributed by atoms with van der Waals surface area (Å²) in [6, 6.07) is 9.19. The van der Waals surface area contributed by atoms with E-state index in [0.29, 0.717) is 17.8 Å².